The van der Waals surface area contributed by atoms with E-state index in [1.165, 1.54) is 50.6 Å². The van der Waals surface area contributed by atoms with Gasteiger partial charge in [-0.1, -0.05) is 26.0 Å². The normalized spacial score (nSPS) is 11.3. The van der Waals surface area contributed by atoms with E-state index in [2.05, 4.69) is 15.0 Å². The van der Waals surface area contributed by atoms with Gasteiger partial charge >= 0.3 is 0 Å². The maximum Gasteiger partial charge on any atom is 0.264 e. The fourth-order valence-corrected chi connectivity index (χ4v) is 4.82. The molecule has 190 valence electrons. The minimum absolute atomic E-state index is 0.110. The van der Waals surface area contributed by atoms with Gasteiger partial charge in [0.25, 0.3) is 10.0 Å². The summed E-state index contributed by atoms with van der Waals surface area (Å²) >= 11 is 0. The lowest BCUT2D eigenvalue weighted by Gasteiger charge is -2.18. The van der Waals surface area contributed by atoms with E-state index in [4.69, 9.17) is 4.74 Å². The zero-order valence-electron chi connectivity index (χ0n) is 20.5. The first-order valence-corrected chi connectivity index (χ1v) is 12.7. The molecule has 36 heavy (non-hydrogen) atoms. The minimum atomic E-state index is -4.19. The Morgan fingerprint density at radius 2 is 1.86 bits per heavy atom. The second-order valence-electron chi connectivity index (χ2n) is 8.53. The van der Waals surface area contributed by atoms with Gasteiger partial charge in [-0.15, -0.1) is 0 Å². The highest BCUT2D eigenvalue weighted by Crippen LogP contribution is 2.33. The Hall–Kier alpha value is -3.79. The molecule has 0 aliphatic carbocycles. The summed E-state index contributed by atoms with van der Waals surface area (Å²) < 4.78 is 47.7. The Balaban J connectivity index is 1.93. The van der Waals surface area contributed by atoms with Crippen molar-refractivity contribution in [1.82, 2.24) is 15.0 Å². The number of hydrogen-bond donors (Lipinski definition) is 2. The van der Waals surface area contributed by atoms with E-state index < -0.39 is 21.7 Å². The molecule has 3 rings (SSSR count). The van der Waals surface area contributed by atoms with E-state index >= 15 is 0 Å². The van der Waals surface area contributed by atoms with E-state index in [0.29, 0.717) is 33.7 Å². The highest BCUT2D eigenvalue weighted by molar-refractivity contribution is 7.90. The second-order valence-corrected chi connectivity index (χ2v) is 10.2. The molecular formula is C26H28FN3O5S. The third kappa shape index (κ3) is 6.66. The molecule has 0 saturated carbocycles. The number of pyridine rings is 1. The predicted molar refractivity (Wildman–Crippen MR) is 133 cm³/mol. The topological polar surface area (TPSA) is 114 Å². The van der Waals surface area contributed by atoms with Gasteiger partial charge in [0.05, 0.1) is 18.4 Å². The third-order valence-electron chi connectivity index (χ3n) is 5.46. The van der Waals surface area contributed by atoms with Crippen molar-refractivity contribution >= 4 is 21.8 Å². The smallest absolute Gasteiger partial charge is 0.264 e. The van der Waals surface area contributed by atoms with Crippen LogP contribution >= 0.6 is 0 Å². The van der Waals surface area contributed by atoms with Crippen LogP contribution < -0.4 is 14.8 Å². The van der Waals surface area contributed by atoms with Crippen LogP contribution in [-0.2, 0) is 32.6 Å². The predicted octanol–water partition coefficient (Wildman–Crippen LogP) is 3.70. The summed E-state index contributed by atoms with van der Waals surface area (Å²) in [7, 11) is -2.73. The lowest BCUT2D eigenvalue weighted by Crippen LogP contribution is -2.32. The summed E-state index contributed by atoms with van der Waals surface area (Å²) in [4.78, 5) is 28.1. The standard InChI is InChI=1S/C26H28FN3O5S/c1-16(2)22-12-20(27)13-23(19-8-9-28-26(11-19)35-4)24(22)14-25(32)30-36(33,34)21-7-5-6-18(10-21)15-29-17(3)31/h5-13,16H,14-15H2,1-4H3,(H,29,31)(H,30,32). The van der Waals surface area contributed by atoms with Crippen molar-refractivity contribution in [3.63, 3.8) is 0 Å². The lowest BCUT2D eigenvalue weighted by molar-refractivity contribution is -0.119. The van der Waals surface area contributed by atoms with Crippen LogP contribution in [0, 0.1) is 5.82 Å². The molecule has 0 fully saturated rings. The van der Waals surface area contributed by atoms with E-state index in [1.807, 2.05) is 13.8 Å². The van der Waals surface area contributed by atoms with Crippen molar-refractivity contribution in [3.05, 3.63) is 77.2 Å². The molecule has 1 aromatic heterocycles. The summed E-state index contributed by atoms with van der Waals surface area (Å²) in [5.74, 6) is -1.30. The number of sulfonamides is 1. The van der Waals surface area contributed by atoms with Gasteiger partial charge < -0.3 is 10.1 Å². The molecule has 0 radical (unpaired) electrons. The zero-order valence-corrected chi connectivity index (χ0v) is 21.3. The summed E-state index contributed by atoms with van der Waals surface area (Å²) in [6.07, 6.45) is 1.22. The van der Waals surface area contributed by atoms with Crippen molar-refractivity contribution in [1.29, 1.82) is 0 Å². The molecule has 0 spiro atoms. The highest BCUT2D eigenvalue weighted by atomic mass is 32.2. The molecule has 2 N–H and O–H groups in total. The summed E-state index contributed by atoms with van der Waals surface area (Å²) in [5.41, 5.74) is 2.69. The van der Waals surface area contributed by atoms with Crippen molar-refractivity contribution < 1.29 is 27.1 Å². The molecule has 2 aromatic carbocycles. The Bertz CT molecular complexity index is 1390. The van der Waals surface area contributed by atoms with Crippen molar-refractivity contribution in [2.24, 2.45) is 0 Å². The number of methoxy groups -OCH3 is 1. The first kappa shape index (κ1) is 26.8. The molecular weight excluding hydrogens is 485 g/mol. The number of hydrogen-bond acceptors (Lipinski definition) is 6. The monoisotopic (exact) mass is 513 g/mol. The molecule has 8 nitrogen and oxygen atoms in total. The Morgan fingerprint density at radius 3 is 2.53 bits per heavy atom. The number of ether oxygens (including phenoxy) is 1. The lowest BCUT2D eigenvalue weighted by atomic mass is 9.88. The first-order valence-electron chi connectivity index (χ1n) is 11.2. The number of rotatable bonds is 9. The summed E-state index contributed by atoms with van der Waals surface area (Å²) in [5, 5.41) is 2.60. The van der Waals surface area contributed by atoms with Gasteiger partial charge in [0, 0.05) is 25.7 Å². The van der Waals surface area contributed by atoms with Crippen molar-refractivity contribution in [2.75, 3.05) is 7.11 Å². The molecule has 0 unspecified atom stereocenters. The van der Waals surface area contributed by atoms with Crippen LogP contribution in [-0.4, -0.2) is 32.3 Å². The van der Waals surface area contributed by atoms with Gasteiger partial charge in [0.1, 0.15) is 5.82 Å². The fraction of sp³-hybridized carbons (Fsp3) is 0.269. The largest absolute Gasteiger partial charge is 0.481 e. The van der Waals surface area contributed by atoms with Crippen LogP contribution in [0.25, 0.3) is 11.1 Å². The number of aromatic nitrogens is 1. The quantitative estimate of drug-likeness (QED) is 0.451. The third-order valence-corrected chi connectivity index (χ3v) is 6.83. The van der Waals surface area contributed by atoms with Gasteiger partial charge in [-0.3, -0.25) is 9.59 Å². The van der Waals surface area contributed by atoms with Gasteiger partial charge in [-0.05, 0) is 64.1 Å². The van der Waals surface area contributed by atoms with Crippen molar-refractivity contribution in [2.45, 2.75) is 44.6 Å². The Kier molecular flexibility index (Phi) is 8.41. The van der Waals surface area contributed by atoms with Crippen molar-refractivity contribution in [3.8, 4) is 17.0 Å². The van der Waals surface area contributed by atoms with Gasteiger partial charge in [0.2, 0.25) is 17.7 Å². The van der Waals surface area contributed by atoms with Crippen LogP contribution in [0.3, 0.4) is 0 Å². The number of amides is 2. The van der Waals surface area contributed by atoms with Gasteiger partial charge in [-0.2, -0.15) is 0 Å². The van der Waals surface area contributed by atoms with E-state index in [9.17, 15) is 22.4 Å². The molecule has 10 heteroatoms. The summed E-state index contributed by atoms with van der Waals surface area (Å²) in [6, 6.07) is 11.9. The average Bonchev–Trinajstić information content (AvgIpc) is 2.83. The Morgan fingerprint density at radius 1 is 1.11 bits per heavy atom. The molecule has 0 saturated heterocycles. The fourth-order valence-electron chi connectivity index (χ4n) is 3.77. The Labute approximate surface area is 210 Å². The molecule has 0 aliphatic rings. The molecule has 0 aliphatic heterocycles. The van der Waals surface area contributed by atoms with E-state index in [0.717, 1.165) is 0 Å². The number of carbonyl (C=O) groups excluding carboxylic acids is 2. The van der Waals surface area contributed by atoms with Crippen LogP contribution in [0.15, 0.2) is 59.6 Å². The molecule has 1 heterocycles. The number of halogens is 1. The highest BCUT2D eigenvalue weighted by Gasteiger charge is 2.22. The molecule has 0 atom stereocenters. The van der Waals surface area contributed by atoms with Gasteiger partial charge in [0.15, 0.2) is 0 Å². The maximum absolute atomic E-state index is 14.5. The molecule has 2 amide bonds. The van der Waals surface area contributed by atoms with Crippen LogP contribution in [0.4, 0.5) is 4.39 Å². The number of benzene rings is 2. The van der Waals surface area contributed by atoms with E-state index in [1.54, 1.807) is 18.2 Å². The SMILES string of the molecule is COc1cc(-c2cc(F)cc(C(C)C)c2CC(=O)NS(=O)(=O)c2cccc(CNC(C)=O)c2)ccn1. The van der Waals surface area contributed by atoms with Crippen LogP contribution in [0.1, 0.15) is 43.4 Å². The molecule has 3 aromatic rings. The minimum Gasteiger partial charge on any atom is -0.481 e. The van der Waals surface area contributed by atoms with Crippen LogP contribution in [0.5, 0.6) is 5.88 Å². The zero-order chi connectivity index (χ0) is 26.5. The number of nitrogens with zero attached hydrogens (tertiary/aromatic N) is 1. The number of nitrogens with one attached hydrogen (secondary N) is 2. The first-order chi connectivity index (χ1) is 17.0. The second kappa shape index (κ2) is 11.3. The van der Waals surface area contributed by atoms with Gasteiger partial charge in [-0.25, -0.2) is 22.5 Å². The van der Waals surface area contributed by atoms with E-state index in [-0.39, 0.29) is 29.7 Å². The van der Waals surface area contributed by atoms with Crippen LogP contribution in [0.2, 0.25) is 0 Å². The molecule has 0 bridgehead atoms. The summed E-state index contributed by atoms with van der Waals surface area (Å²) in [6.45, 7) is 5.24. The average molecular weight is 514 g/mol. The maximum atomic E-state index is 14.5. The number of carbonyl (C=O) groups is 2.